The lowest BCUT2D eigenvalue weighted by Gasteiger charge is -2.04. The van der Waals surface area contributed by atoms with Crippen molar-refractivity contribution in [2.75, 3.05) is 5.75 Å². The minimum absolute atomic E-state index is 0.118. The van der Waals surface area contributed by atoms with E-state index in [1.54, 1.807) is 12.1 Å². The van der Waals surface area contributed by atoms with E-state index in [0.29, 0.717) is 11.8 Å². The third-order valence-corrected chi connectivity index (χ3v) is 3.57. The number of oxazole rings is 1. The Morgan fingerprint density at radius 3 is 2.65 bits per heavy atom. The highest BCUT2D eigenvalue weighted by atomic mass is 32.2. The van der Waals surface area contributed by atoms with Gasteiger partial charge in [0.1, 0.15) is 11.6 Å². The second kappa shape index (κ2) is 6.56. The van der Waals surface area contributed by atoms with Crippen molar-refractivity contribution in [1.29, 1.82) is 0 Å². The second-order valence-electron chi connectivity index (χ2n) is 4.31. The lowest BCUT2D eigenvalue weighted by Crippen LogP contribution is -2.24. The maximum Gasteiger partial charge on any atom is 0.256 e. The number of nitrogens with one attached hydrogen (secondary N) is 1. The molecule has 20 heavy (non-hydrogen) atoms. The highest BCUT2D eigenvalue weighted by Gasteiger charge is 2.09. The van der Waals surface area contributed by atoms with Crippen molar-refractivity contribution < 1.29 is 13.6 Å². The molecule has 0 aliphatic heterocycles. The molecular weight excluding hydrogens is 279 g/mol. The van der Waals surface area contributed by atoms with Crippen LogP contribution in [0.4, 0.5) is 4.39 Å². The first-order valence-electron chi connectivity index (χ1n) is 6.12. The van der Waals surface area contributed by atoms with Gasteiger partial charge >= 0.3 is 0 Å². The fraction of sp³-hybridized carbons (Fsp3) is 0.286. The summed E-state index contributed by atoms with van der Waals surface area (Å²) in [6.45, 7) is 4.07. The highest BCUT2D eigenvalue weighted by molar-refractivity contribution is 7.99. The van der Waals surface area contributed by atoms with E-state index in [1.807, 2.05) is 13.8 Å². The number of benzene rings is 1. The van der Waals surface area contributed by atoms with Gasteiger partial charge in [-0.15, -0.1) is 0 Å². The Morgan fingerprint density at radius 1 is 1.35 bits per heavy atom. The number of hydrogen-bond acceptors (Lipinski definition) is 4. The van der Waals surface area contributed by atoms with Crippen molar-refractivity contribution >= 4 is 17.7 Å². The van der Waals surface area contributed by atoms with Crippen LogP contribution in [0.2, 0.25) is 0 Å². The van der Waals surface area contributed by atoms with Crippen LogP contribution >= 0.6 is 11.8 Å². The SMILES string of the molecule is Cc1nc(SCC(=O)NCc2ccc(F)cc2)oc1C. The summed E-state index contributed by atoms with van der Waals surface area (Å²) in [6.07, 6.45) is 0. The van der Waals surface area contributed by atoms with Crippen LogP contribution in [0, 0.1) is 19.7 Å². The van der Waals surface area contributed by atoms with Crippen LogP contribution in [-0.2, 0) is 11.3 Å². The van der Waals surface area contributed by atoms with Gasteiger partial charge in [-0.3, -0.25) is 4.79 Å². The third kappa shape index (κ3) is 4.09. The molecule has 0 saturated heterocycles. The molecule has 2 aromatic rings. The Bertz CT molecular complexity index is 576. The predicted molar refractivity (Wildman–Crippen MR) is 74.9 cm³/mol. The summed E-state index contributed by atoms with van der Waals surface area (Å²) in [5.74, 6) is 0.595. The maximum atomic E-state index is 12.7. The average Bonchev–Trinajstić information content (AvgIpc) is 2.75. The number of carbonyl (C=O) groups excluding carboxylic acids is 1. The molecule has 106 valence electrons. The summed E-state index contributed by atoms with van der Waals surface area (Å²) in [5.41, 5.74) is 1.69. The van der Waals surface area contributed by atoms with Crippen molar-refractivity contribution in [2.45, 2.75) is 25.6 Å². The Morgan fingerprint density at radius 2 is 2.05 bits per heavy atom. The molecular formula is C14H15FN2O2S. The van der Waals surface area contributed by atoms with Gasteiger partial charge in [0, 0.05) is 6.54 Å². The van der Waals surface area contributed by atoms with E-state index < -0.39 is 0 Å². The summed E-state index contributed by atoms with van der Waals surface area (Å²) < 4.78 is 18.1. The van der Waals surface area contributed by atoms with Gasteiger partial charge in [-0.2, -0.15) is 0 Å². The molecule has 0 atom stereocenters. The molecule has 0 unspecified atom stereocenters. The molecule has 1 aromatic carbocycles. The molecule has 0 radical (unpaired) electrons. The fourth-order valence-corrected chi connectivity index (χ4v) is 2.23. The van der Waals surface area contributed by atoms with E-state index in [-0.39, 0.29) is 17.5 Å². The predicted octanol–water partition coefficient (Wildman–Crippen LogP) is 2.84. The third-order valence-electron chi connectivity index (χ3n) is 2.74. The quantitative estimate of drug-likeness (QED) is 0.862. The van der Waals surface area contributed by atoms with Crippen LogP contribution in [0.25, 0.3) is 0 Å². The van der Waals surface area contributed by atoms with Gasteiger partial charge in [-0.1, -0.05) is 23.9 Å². The molecule has 1 N–H and O–H groups in total. The van der Waals surface area contributed by atoms with Gasteiger partial charge in [-0.25, -0.2) is 9.37 Å². The molecule has 0 fully saturated rings. The first kappa shape index (κ1) is 14.6. The molecule has 6 heteroatoms. The van der Waals surface area contributed by atoms with Crippen LogP contribution < -0.4 is 5.32 Å². The second-order valence-corrected chi connectivity index (χ2v) is 5.24. The van der Waals surface area contributed by atoms with Crippen LogP contribution in [0.3, 0.4) is 0 Å². The summed E-state index contributed by atoms with van der Waals surface area (Å²) in [7, 11) is 0. The molecule has 0 saturated carbocycles. The number of amides is 1. The van der Waals surface area contributed by atoms with Crippen molar-refractivity contribution in [3.63, 3.8) is 0 Å². The monoisotopic (exact) mass is 294 g/mol. The molecule has 0 spiro atoms. The minimum Gasteiger partial charge on any atom is -0.437 e. The molecule has 2 rings (SSSR count). The summed E-state index contributed by atoms with van der Waals surface area (Å²) in [6, 6.07) is 6.02. The van der Waals surface area contributed by atoms with E-state index in [4.69, 9.17) is 4.42 Å². The minimum atomic E-state index is -0.287. The van der Waals surface area contributed by atoms with E-state index in [2.05, 4.69) is 10.3 Å². The van der Waals surface area contributed by atoms with Gasteiger partial charge in [0.25, 0.3) is 5.22 Å². The zero-order valence-electron chi connectivity index (χ0n) is 11.3. The number of nitrogens with zero attached hydrogens (tertiary/aromatic N) is 1. The lowest BCUT2D eigenvalue weighted by molar-refractivity contribution is -0.118. The normalized spacial score (nSPS) is 10.6. The summed E-state index contributed by atoms with van der Waals surface area (Å²) in [4.78, 5) is 15.9. The van der Waals surface area contributed by atoms with Crippen molar-refractivity contribution in [3.8, 4) is 0 Å². The maximum absolute atomic E-state index is 12.7. The van der Waals surface area contributed by atoms with Gasteiger partial charge in [0.2, 0.25) is 5.91 Å². The first-order chi connectivity index (χ1) is 9.54. The summed E-state index contributed by atoms with van der Waals surface area (Å²) >= 11 is 1.25. The number of hydrogen-bond donors (Lipinski definition) is 1. The number of thioether (sulfide) groups is 1. The lowest BCUT2D eigenvalue weighted by atomic mass is 10.2. The number of rotatable bonds is 5. The molecule has 4 nitrogen and oxygen atoms in total. The largest absolute Gasteiger partial charge is 0.437 e. The Hall–Kier alpha value is -1.82. The molecule has 1 aromatic heterocycles. The Balaban J connectivity index is 1.76. The Kier molecular flexibility index (Phi) is 4.79. The number of carbonyl (C=O) groups is 1. The molecule has 0 bridgehead atoms. The van der Waals surface area contributed by atoms with Gasteiger partial charge in [-0.05, 0) is 31.5 Å². The smallest absolute Gasteiger partial charge is 0.256 e. The molecule has 1 heterocycles. The van der Waals surface area contributed by atoms with E-state index in [1.165, 1.54) is 23.9 Å². The van der Waals surface area contributed by atoms with Crippen LogP contribution in [0.5, 0.6) is 0 Å². The zero-order chi connectivity index (χ0) is 14.5. The standard InChI is InChI=1S/C14H15FN2O2S/c1-9-10(2)19-14(17-9)20-8-13(18)16-7-11-3-5-12(15)6-4-11/h3-6H,7-8H2,1-2H3,(H,16,18). The highest BCUT2D eigenvalue weighted by Crippen LogP contribution is 2.19. The number of aromatic nitrogens is 1. The van der Waals surface area contributed by atoms with Gasteiger partial charge < -0.3 is 9.73 Å². The number of aryl methyl sites for hydroxylation is 2. The van der Waals surface area contributed by atoms with Gasteiger partial charge in [0.05, 0.1) is 11.4 Å². The van der Waals surface area contributed by atoms with Crippen molar-refractivity contribution in [3.05, 3.63) is 47.1 Å². The number of halogens is 1. The van der Waals surface area contributed by atoms with Crippen LogP contribution in [0.1, 0.15) is 17.0 Å². The average molecular weight is 294 g/mol. The van der Waals surface area contributed by atoms with Crippen molar-refractivity contribution in [1.82, 2.24) is 10.3 Å². The molecule has 1 amide bonds. The van der Waals surface area contributed by atoms with Crippen LogP contribution in [0.15, 0.2) is 33.9 Å². The first-order valence-corrected chi connectivity index (χ1v) is 7.11. The zero-order valence-corrected chi connectivity index (χ0v) is 12.1. The fourth-order valence-electron chi connectivity index (χ4n) is 1.49. The Labute approximate surface area is 120 Å². The van der Waals surface area contributed by atoms with Crippen molar-refractivity contribution in [2.24, 2.45) is 0 Å². The summed E-state index contributed by atoms with van der Waals surface area (Å²) in [5, 5.41) is 3.26. The van der Waals surface area contributed by atoms with Crippen LogP contribution in [-0.4, -0.2) is 16.6 Å². The van der Waals surface area contributed by atoms with E-state index in [0.717, 1.165) is 17.0 Å². The van der Waals surface area contributed by atoms with E-state index in [9.17, 15) is 9.18 Å². The topological polar surface area (TPSA) is 55.1 Å². The molecule has 0 aliphatic carbocycles. The van der Waals surface area contributed by atoms with Gasteiger partial charge in [0.15, 0.2) is 0 Å². The molecule has 0 aliphatic rings. The van der Waals surface area contributed by atoms with E-state index >= 15 is 0 Å².